The third-order valence-electron chi connectivity index (χ3n) is 2.04. The molecule has 3 N–H and O–H groups in total. The van der Waals surface area contributed by atoms with Gasteiger partial charge in [-0.05, 0) is 6.42 Å². The highest BCUT2D eigenvalue weighted by atomic mass is 35.5. The Hall–Kier alpha value is -0.870. The average Bonchev–Trinajstić information content (AvgIpc) is 2.01. The maximum absolute atomic E-state index is 13.2. The van der Waals surface area contributed by atoms with Crippen LogP contribution in [0.1, 0.15) is 31.4 Å². The van der Waals surface area contributed by atoms with E-state index in [0.717, 1.165) is 18.6 Å². The second kappa shape index (κ2) is 5.88. The van der Waals surface area contributed by atoms with Crippen LogP contribution < -0.4 is 5.73 Å². The Labute approximate surface area is 93.5 Å². The SMILES string of the molecule is CCC[C@H](N)c1c(O)cc(F)cc1F.Cl. The lowest BCUT2D eigenvalue weighted by molar-refractivity contribution is 0.436. The van der Waals surface area contributed by atoms with Crippen LogP contribution in [-0.2, 0) is 0 Å². The van der Waals surface area contributed by atoms with Crippen LogP contribution in [0.4, 0.5) is 8.78 Å². The Bertz CT molecular complexity index is 310. The molecule has 0 radical (unpaired) electrons. The fourth-order valence-corrected chi connectivity index (χ4v) is 1.39. The Morgan fingerprint density at radius 3 is 2.47 bits per heavy atom. The first kappa shape index (κ1) is 14.1. The smallest absolute Gasteiger partial charge is 0.134 e. The highest BCUT2D eigenvalue weighted by molar-refractivity contribution is 5.85. The first-order chi connectivity index (χ1) is 6.56. The van der Waals surface area contributed by atoms with Crippen molar-refractivity contribution in [2.75, 3.05) is 0 Å². The van der Waals surface area contributed by atoms with Crippen molar-refractivity contribution in [1.82, 2.24) is 0 Å². The number of halogens is 3. The molecular formula is C10H14ClF2NO. The standard InChI is InChI=1S/C10H13F2NO.ClH/c1-2-3-8(13)10-7(12)4-6(11)5-9(10)14;/h4-5,8,14H,2-3,13H2,1H3;1H/t8-;/m0./s1. The van der Waals surface area contributed by atoms with Gasteiger partial charge in [0.1, 0.15) is 17.4 Å². The number of nitrogens with two attached hydrogens (primary N) is 1. The van der Waals surface area contributed by atoms with E-state index in [4.69, 9.17) is 5.73 Å². The lowest BCUT2D eigenvalue weighted by Crippen LogP contribution is -2.12. The van der Waals surface area contributed by atoms with Crippen molar-refractivity contribution in [2.45, 2.75) is 25.8 Å². The summed E-state index contributed by atoms with van der Waals surface area (Å²) in [6.45, 7) is 1.90. The Balaban J connectivity index is 0.00000196. The highest BCUT2D eigenvalue weighted by Gasteiger charge is 2.16. The van der Waals surface area contributed by atoms with Crippen molar-refractivity contribution < 1.29 is 13.9 Å². The monoisotopic (exact) mass is 237 g/mol. The minimum Gasteiger partial charge on any atom is -0.507 e. The molecule has 0 amide bonds. The maximum Gasteiger partial charge on any atom is 0.134 e. The molecule has 0 heterocycles. The van der Waals surface area contributed by atoms with E-state index < -0.39 is 23.4 Å². The first-order valence-corrected chi connectivity index (χ1v) is 4.49. The molecular weight excluding hydrogens is 224 g/mol. The maximum atomic E-state index is 13.2. The fourth-order valence-electron chi connectivity index (χ4n) is 1.39. The van der Waals surface area contributed by atoms with Crippen LogP contribution in [0.5, 0.6) is 5.75 Å². The van der Waals surface area contributed by atoms with E-state index >= 15 is 0 Å². The molecule has 2 nitrogen and oxygen atoms in total. The predicted molar refractivity (Wildman–Crippen MR) is 57.1 cm³/mol. The molecule has 1 aromatic rings. The van der Waals surface area contributed by atoms with E-state index in [1.54, 1.807) is 0 Å². The molecule has 0 fully saturated rings. The molecule has 0 aliphatic carbocycles. The van der Waals surface area contributed by atoms with E-state index in [-0.39, 0.29) is 18.0 Å². The van der Waals surface area contributed by atoms with Gasteiger partial charge in [-0.15, -0.1) is 12.4 Å². The van der Waals surface area contributed by atoms with Gasteiger partial charge in [-0.3, -0.25) is 0 Å². The molecule has 1 aromatic carbocycles. The topological polar surface area (TPSA) is 46.2 Å². The van der Waals surface area contributed by atoms with E-state index in [9.17, 15) is 13.9 Å². The number of phenols is 1. The van der Waals surface area contributed by atoms with E-state index in [1.165, 1.54) is 0 Å². The van der Waals surface area contributed by atoms with Gasteiger partial charge in [0.25, 0.3) is 0 Å². The van der Waals surface area contributed by atoms with Crippen molar-refractivity contribution in [1.29, 1.82) is 0 Å². The van der Waals surface area contributed by atoms with Crippen LogP contribution in [0.15, 0.2) is 12.1 Å². The van der Waals surface area contributed by atoms with Crippen LogP contribution in [0, 0.1) is 11.6 Å². The second-order valence-corrected chi connectivity index (χ2v) is 3.22. The lowest BCUT2D eigenvalue weighted by Gasteiger charge is -2.13. The highest BCUT2D eigenvalue weighted by Crippen LogP contribution is 2.29. The van der Waals surface area contributed by atoms with Gasteiger partial charge in [0.05, 0.1) is 0 Å². The van der Waals surface area contributed by atoms with Gasteiger partial charge in [-0.25, -0.2) is 8.78 Å². The summed E-state index contributed by atoms with van der Waals surface area (Å²) in [6, 6.07) is 1.01. The summed E-state index contributed by atoms with van der Waals surface area (Å²) in [6.07, 6.45) is 1.33. The van der Waals surface area contributed by atoms with E-state index in [1.807, 2.05) is 6.92 Å². The number of hydrogen-bond donors (Lipinski definition) is 2. The zero-order valence-corrected chi connectivity index (χ0v) is 9.15. The van der Waals surface area contributed by atoms with Crippen molar-refractivity contribution >= 4 is 12.4 Å². The molecule has 15 heavy (non-hydrogen) atoms. The van der Waals surface area contributed by atoms with Gasteiger partial charge in [0.2, 0.25) is 0 Å². The molecule has 0 unspecified atom stereocenters. The lowest BCUT2D eigenvalue weighted by atomic mass is 10.0. The molecule has 0 spiro atoms. The normalized spacial score (nSPS) is 12.0. The Morgan fingerprint density at radius 1 is 1.40 bits per heavy atom. The predicted octanol–water partition coefficient (Wildman–Crippen LogP) is 2.89. The van der Waals surface area contributed by atoms with E-state index in [0.29, 0.717) is 6.42 Å². The van der Waals surface area contributed by atoms with Crippen LogP contribution in [0.2, 0.25) is 0 Å². The summed E-state index contributed by atoms with van der Waals surface area (Å²) in [5.41, 5.74) is 5.63. The number of hydrogen-bond acceptors (Lipinski definition) is 2. The van der Waals surface area contributed by atoms with Crippen molar-refractivity contribution in [3.05, 3.63) is 29.3 Å². The van der Waals surface area contributed by atoms with Crippen LogP contribution in [0.3, 0.4) is 0 Å². The van der Waals surface area contributed by atoms with Gasteiger partial charge < -0.3 is 10.8 Å². The third kappa shape index (κ3) is 3.32. The average molecular weight is 238 g/mol. The molecule has 1 atom stereocenters. The largest absolute Gasteiger partial charge is 0.507 e. The molecule has 0 aromatic heterocycles. The molecule has 0 aliphatic rings. The minimum atomic E-state index is -0.799. The number of aromatic hydroxyl groups is 1. The molecule has 86 valence electrons. The zero-order chi connectivity index (χ0) is 10.7. The molecule has 0 saturated carbocycles. The fraction of sp³-hybridized carbons (Fsp3) is 0.400. The van der Waals surface area contributed by atoms with Gasteiger partial charge in [0.15, 0.2) is 0 Å². The number of benzene rings is 1. The van der Waals surface area contributed by atoms with Crippen LogP contribution in [-0.4, -0.2) is 5.11 Å². The summed E-state index contributed by atoms with van der Waals surface area (Å²) in [5, 5.41) is 9.31. The molecule has 0 bridgehead atoms. The molecule has 1 rings (SSSR count). The molecule has 5 heteroatoms. The van der Waals surface area contributed by atoms with E-state index in [2.05, 4.69) is 0 Å². The number of rotatable bonds is 3. The van der Waals surface area contributed by atoms with Gasteiger partial charge in [-0.1, -0.05) is 13.3 Å². The van der Waals surface area contributed by atoms with Crippen molar-refractivity contribution in [3.8, 4) is 5.75 Å². The van der Waals surface area contributed by atoms with Gasteiger partial charge in [0, 0.05) is 23.7 Å². The summed E-state index contributed by atoms with van der Waals surface area (Å²) in [5.74, 6) is -2.00. The number of phenolic OH excluding ortho intramolecular Hbond substituents is 1. The summed E-state index contributed by atoms with van der Waals surface area (Å²) >= 11 is 0. The zero-order valence-electron chi connectivity index (χ0n) is 8.34. The summed E-state index contributed by atoms with van der Waals surface area (Å²) in [4.78, 5) is 0. The second-order valence-electron chi connectivity index (χ2n) is 3.22. The quantitative estimate of drug-likeness (QED) is 0.849. The molecule has 0 saturated heterocycles. The van der Waals surface area contributed by atoms with Gasteiger partial charge in [-0.2, -0.15) is 0 Å². The minimum absolute atomic E-state index is 0. The Morgan fingerprint density at radius 2 is 2.00 bits per heavy atom. The Kier molecular flexibility index (Phi) is 5.54. The summed E-state index contributed by atoms with van der Waals surface area (Å²) in [7, 11) is 0. The van der Waals surface area contributed by atoms with Gasteiger partial charge >= 0.3 is 0 Å². The summed E-state index contributed by atoms with van der Waals surface area (Å²) < 4.78 is 25.8. The van der Waals surface area contributed by atoms with Crippen molar-refractivity contribution in [2.24, 2.45) is 5.73 Å². The third-order valence-corrected chi connectivity index (χ3v) is 2.04. The molecule has 0 aliphatic heterocycles. The van der Waals surface area contributed by atoms with Crippen LogP contribution in [0.25, 0.3) is 0 Å². The van der Waals surface area contributed by atoms with Crippen molar-refractivity contribution in [3.63, 3.8) is 0 Å². The first-order valence-electron chi connectivity index (χ1n) is 4.49. The van der Waals surface area contributed by atoms with Crippen LogP contribution >= 0.6 is 12.4 Å².